The summed E-state index contributed by atoms with van der Waals surface area (Å²) < 4.78 is 0. The molecule has 3 rings (SSSR count). The Hall–Kier alpha value is -3.12. The molecule has 1 amide bonds. The molecule has 0 aliphatic heterocycles. The molecule has 1 unspecified atom stereocenters. The number of para-hydroxylation sites is 1. The van der Waals surface area contributed by atoms with E-state index in [2.05, 4.69) is 15.8 Å². The minimum Gasteiger partial charge on any atom is -0.508 e. The van der Waals surface area contributed by atoms with Crippen molar-refractivity contribution in [2.75, 3.05) is 5.43 Å². The number of aliphatic hydroxyl groups is 1. The minimum absolute atomic E-state index is 0.0699. The molecule has 0 aliphatic rings. The number of anilines is 1. The summed E-state index contributed by atoms with van der Waals surface area (Å²) >= 11 is 0. The first kappa shape index (κ1) is 15.8. The predicted molar refractivity (Wildman–Crippen MR) is 91.3 cm³/mol. The number of amides is 1. The van der Waals surface area contributed by atoms with Gasteiger partial charge < -0.3 is 10.2 Å². The van der Waals surface area contributed by atoms with E-state index in [-0.39, 0.29) is 5.75 Å². The van der Waals surface area contributed by atoms with E-state index in [4.69, 9.17) is 0 Å². The smallest absolute Gasteiger partial charge is 0.271 e. The lowest BCUT2D eigenvalue weighted by Gasteiger charge is -2.14. The summed E-state index contributed by atoms with van der Waals surface area (Å²) in [6.45, 7) is 1.88. The van der Waals surface area contributed by atoms with E-state index in [0.29, 0.717) is 11.4 Å². The van der Waals surface area contributed by atoms with Gasteiger partial charge in [0, 0.05) is 5.39 Å². The molecule has 0 saturated heterocycles. The number of carbonyl (C=O) groups excluding carboxylic acids is 1. The number of rotatable bonds is 4. The standard InChI is InChI=1S/C18H17N3O3/c1-11-10-13-4-2-3-5-15(13)19-17(11)20-21-18(24)16(23)12-6-8-14(22)9-7-12/h2-10,16,22-23H,1H3,(H,19,20)(H,21,24). The van der Waals surface area contributed by atoms with Gasteiger partial charge in [-0.25, -0.2) is 4.98 Å². The van der Waals surface area contributed by atoms with Crippen molar-refractivity contribution in [1.82, 2.24) is 10.4 Å². The van der Waals surface area contributed by atoms with E-state index in [1.54, 1.807) is 0 Å². The van der Waals surface area contributed by atoms with Gasteiger partial charge >= 0.3 is 0 Å². The third-order valence-corrected chi connectivity index (χ3v) is 3.68. The number of hydrogen-bond donors (Lipinski definition) is 4. The molecule has 1 atom stereocenters. The molecule has 6 nitrogen and oxygen atoms in total. The highest BCUT2D eigenvalue weighted by molar-refractivity contribution is 5.84. The monoisotopic (exact) mass is 323 g/mol. The van der Waals surface area contributed by atoms with Gasteiger partial charge in [-0.3, -0.25) is 15.6 Å². The van der Waals surface area contributed by atoms with Gasteiger partial charge in [0.15, 0.2) is 6.10 Å². The van der Waals surface area contributed by atoms with Crippen LogP contribution in [0.1, 0.15) is 17.2 Å². The SMILES string of the molecule is Cc1cc2ccccc2nc1NNC(=O)C(O)c1ccc(O)cc1. The highest BCUT2D eigenvalue weighted by atomic mass is 16.3. The molecule has 0 aliphatic carbocycles. The molecule has 1 heterocycles. The molecule has 3 aromatic rings. The van der Waals surface area contributed by atoms with Crippen LogP contribution in [0.2, 0.25) is 0 Å². The van der Waals surface area contributed by atoms with Crippen LogP contribution >= 0.6 is 0 Å². The summed E-state index contributed by atoms with van der Waals surface area (Å²) in [4.78, 5) is 16.5. The lowest BCUT2D eigenvalue weighted by Crippen LogP contribution is -2.34. The number of fused-ring (bicyclic) bond motifs is 1. The Balaban J connectivity index is 1.72. The Morgan fingerprint density at radius 3 is 2.58 bits per heavy atom. The van der Waals surface area contributed by atoms with Crippen LogP contribution < -0.4 is 10.9 Å². The maximum absolute atomic E-state index is 12.1. The third kappa shape index (κ3) is 3.28. The van der Waals surface area contributed by atoms with E-state index >= 15 is 0 Å². The molecule has 2 aromatic carbocycles. The number of aliphatic hydroxyl groups excluding tert-OH is 1. The summed E-state index contributed by atoms with van der Waals surface area (Å²) in [6, 6.07) is 15.4. The first-order chi connectivity index (χ1) is 11.5. The number of pyridine rings is 1. The average Bonchev–Trinajstić information content (AvgIpc) is 2.59. The number of aromatic nitrogens is 1. The predicted octanol–water partition coefficient (Wildman–Crippen LogP) is 2.43. The number of benzene rings is 2. The lowest BCUT2D eigenvalue weighted by molar-refractivity contribution is -0.129. The van der Waals surface area contributed by atoms with Gasteiger partial charge in [-0.05, 0) is 42.3 Å². The van der Waals surface area contributed by atoms with Crippen LogP contribution in [-0.2, 0) is 4.79 Å². The zero-order valence-corrected chi connectivity index (χ0v) is 13.0. The molecule has 122 valence electrons. The number of aryl methyl sites for hydroxylation is 1. The van der Waals surface area contributed by atoms with Gasteiger partial charge in [0.1, 0.15) is 11.6 Å². The summed E-state index contributed by atoms with van der Waals surface area (Å²) in [5.41, 5.74) is 7.26. The summed E-state index contributed by atoms with van der Waals surface area (Å²) in [5, 5.41) is 20.3. The Labute approximate surface area is 138 Å². The Morgan fingerprint density at radius 1 is 1.12 bits per heavy atom. The summed E-state index contributed by atoms with van der Waals surface area (Å²) in [5.74, 6) is -0.0320. The van der Waals surface area contributed by atoms with E-state index in [1.807, 2.05) is 37.3 Å². The summed E-state index contributed by atoms with van der Waals surface area (Å²) in [6.07, 6.45) is -1.35. The summed E-state index contributed by atoms with van der Waals surface area (Å²) in [7, 11) is 0. The fraction of sp³-hybridized carbons (Fsp3) is 0.111. The number of nitrogens with zero attached hydrogens (tertiary/aromatic N) is 1. The lowest BCUT2D eigenvalue weighted by atomic mass is 10.1. The molecule has 1 aromatic heterocycles. The fourth-order valence-corrected chi connectivity index (χ4v) is 2.35. The van der Waals surface area contributed by atoms with Crippen LogP contribution in [0, 0.1) is 6.92 Å². The van der Waals surface area contributed by atoms with Crippen LogP contribution in [0.4, 0.5) is 5.82 Å². The molecule has 0 radical (unpaired) electrons. The van der Waals surface area contributed by atoms with E-state index in [0.717, 1.165) is 16.5 Å². The zero-order chi connectivity index (χ0) is 17.1. The normalized spacial score (nSPS) is 11.9. The maximum atomic E-state index is 12.1. The first-order valence-electron chi connectivity index (χ1n) is 7.44. The molecule has 6 heteroatoms. The molecule has 0 fully saturated rings. The molecular formula is C18H17N3O3. The topological polar surface area (TPSA) is 94.5 Å². The number of hydrogen-bond acceptors (Lipinski definition) is 5. The zero-order valence-electron chi connectivity index (χ0n) is 13.0. The van der Waals surface area contributed by atoms with Gasteiger partial charge in [0.25, 0.3) is 5.91 Å². The molecule has 0 saturated carbocycles. The van der Waals surface area contributed by atoms with E-state index in [1.165, 1.54) is 24.3 Å². The van der Waals surface area contributed by atoms with Crippen LogP contribution in [0.5, 0.6) is 5.75 Å². The Kier molecular flexibility index (Phi) is 4.31. The number of phenols is 1. The van der Waals surface area contributed by atoms with Gasteiger partial charge in [-0.2, -0.15) is 0 Å². The molecular weight excluding hydrogens is 306 g/mol. The van der Waals surface area contributed by atoms with Crippen molar-refractivity contribution in [3.63, 3.8) is 0 Å². The van der Waals surface area contributed by atoms with Crippen molar-refractivity contribution in [2.24, 2.45) is 0 Å². The third-order valence-electron chi connectivity index (χ3n) is 3.68. The Morgan fingerprint density at radius 2 is 1.83 bits per heavy atom. The highest BCUT2D eigenvalue weighted by Gasteiger charge is 2.17. The van der Waals surface area contributed by atoms with Crippen molar-refractivity contribution in [3.05, 3.63) is 65.7 Å². The maximum Gasteiger partial charge on any atom is 0.271 e. The Bertz CT molecular complexity index is 878. The number of aromatic hydroxyl groups is 1. The van der Waals surface area contributed by atoms with E-state index in [9.17, 15) is 15.0 Å². The van der Waals surface area contributed by atoms with Crippen molar-refractivity contribution in [2.45, 2.75) is 13.0 Å². The van der Waals surface area contributed by atoms with Crippen molar-refractivity contribution < 1.29 is 15.0 Å². The van der Waals surface area contributed by atoms with Gasteiger partial charge in [-0.1, -0.05) is 30.3 Å². The number of carbonyl (C=O) groups is 1. The first-order valence-corrected chi connectivity index (χ1v) is 7.44. The molecule has 4 N–H and O–H groups in total. The van der Waals surface area contributed by atoms with Gasteiger partial charge in [-0.15, -0.1) is 0 Å². The average molecular weight is 323 g/mol. The van der Waals surface area contributed by atoms with Gasteiger partial charge in [0.2, 0.25) is 0 Å². The number of phenolic OH excluding ortho intramolecular Hbond substituents is 1. The quantitative estimate of drug-likeness (QED) is 0.553. The highest BCUT2D eigenvalue weighted by Crippen LogP contribution is 2.20. The van der Waals surface area contributed by atoms with Crippen molar-refractivity contribution in [3.8, 4) is 5.75 Å². The van der Waals surface area contributed by atoms with Crippen LogP contribution in [-0.4, -0.2) is 21.1 Å². The fourth-order valence-electron chi connectivity index (χ4n) is 2.35. The van der Waals surface area contributed by atoms with Crippen LogP contribution in [0.25, 0.3) is 10.9 Å². The second-order valence-corrected chi connectivity index (χ2v) is 5.45. The van der Waals surface area contributed by atoms with Gasteiger partial charge in [0.05, 0.1) is 5.52 Å². The second-order valence-electron chi connectivity index (χ2n) is 5.45. The molecule has 0 spiro atoms. The van der Waals surface area contributed by atoms with Crippen molar-refractivity contribution >= 4 is 22.6 Å². The molecule has 24 heavy (non-hydrogen) atoms. The largest absolute Gasteiger partial charge is 0.508 e. The van der Waals surface area contributed by atoms with Crippen LogP contribution in [0.3, 0.4) is 0 Å². The number of hydrazine groups is 1. The second kappa shape index (κ2) is 6.55. The van der Waals surface area contributed by atoms with Crippen LogP contribution in [0.15, 0.2) is 54.6 Å². The molecule has 0 bridgehead atoms. The van der Waals surface area contributed by atoms with E-state index < -0.39 is 12.0 Å². The minimum atomic E-state index is -1.35. The van der Waals surface area contributed by atoms with Crippen molar-refractivity contribution in [1.29, 1.82) is 0 Å². The number of nitrogens with one attached hydrogen (secondary N) is 2.